The van der Waals surface area contributed by atoms with Gasteiger partial charge in [-0.25, -0.2) is 9.18 Å². The van der Waals surface area contributed by atoms with Gasteiger partial charge in [-0.2, -0.15) is 13.2 Å². The molecule has 22 heavy (non-hydrogen) atoms. The van der Waals surface area contributed by atoms with Crippen molar-refractivity contribution >= 4 is 6.09 Å². The van der Waals surface area contributed by atoms with Gasteiger partial charge in [-0.3, -0.25) is 0 Å². The Labute approximate surface area is 125 Å². The Kier molecular flexibility index (Phi) is 5.39. The SMILES string of the molecule is CC(C)(C)OC(=O)NC(CN)c1cc(F)cc(C(F)(F)F)c1. The van der Waals surface area contributed by atoms with E-state index in [0.29, 0.717) is 6.07 Å². The lowest BCUT2D eigenvalue weighted by atomic mass is 10.0. The van der Waals surface area contributed by atoms with E-state index in [1.165, 1.54) is 0 Å². The van der Waals surface area contributed by atoms with Crippen molar-refractivity contribution in [2.75, 3.05) is 6.54 Å². The first kappa shape index (κ1) is 18.2. The Bertz CT molecular complexity index is 539. The minimum absolute atomic E-state index is 0.0827. The Morgan fingerprint density at radius 1 is 1.27 bits per heavy atom. The molecule has 1 unspecified atom stereocenters. The van der Waals surface area contributed by atoms with Gasteiger partial charge in [0.1, 0.15) is 11.4 Å². The zero-order chi connectivity index (χ0) is 17.1. The van der Waals surface area contributed by atoms with Gasteiger partial charge >= 0.3 is 12.3 Å². The summed E-state index contributed by atoms with van der Waals surface area (Å²) in [4.78, 5) is 11.7. The van der Waals surface area contributed by atoms with Crippen LogP contribution < -0.4 is 11.1 Å². The summed E-state index contributed by atoms with van der Waals surface area (Å²) < 4.78 is 56.4. The van der Waals surface area contributed by atoms with Crippen LogP contribution >= 0.6 is 0 Å². The molecule has 0 fully saturated rings. The van der Waals surface area contributed by atoms with Gasteiger partial charge in [0.2, 0.25) is 0 Å². The first-order valence-electron chi connectivity index (χ1n) is 6.49. The van der Waals surface area contributed by atoms with Crippen molar-refractivity contribution in [1.29, 1.82) is 0 Å². The van der Waals surface area contributed by atoms with Crippen LogP contribution in [0.25, 0.3) is 0 Å². The highest BCUT2D eigenvalue weighted by molar-refractivity contribution is 5.68. The summed E-state index contributed by atoms with van der Waals surface area (Å²) in [6.07, 6.45) is -5.54. The van der Waals surface area contributed by atoms with Crippen LogP contribution in [-0.4, -0.2) is 18.2 Å². The predicted molar refractivity (Wildman–Crippen MR) is 72.6 cm³/mol. The van der Waals surface area contributed by atoms with Crippen molar-refractivity contribution in [3.63, 3.8) is 0 Å². The molecule has 3 N–H and O–H groups in total. The van der Waals surface area contributed by atoms with Crippen LogP contribution in [0.15, 0.2) is 18.2 Å². The molecule has 0 aliphatic heterocycles. The third-order valence-corrected chi connectivity index (χ3v) is 2.58. The smallest absolute Gasteiger partial charge is 0.416 e. The molecule has 1 rings (SSSR count). The second-order valence-electron chi connectivity index (χ2n) is 5.71. The molecule has 124 valence electrons. The van der Waals surface area contributed by atoms with E-state index in [4.69, 9.17) is 10.5 Å². The van der Waals surface area contributed by atoms with Crippen LogP contribution in [0.3, 0.4) is 0 Å². The largest absolute Gasteiger partial charge is 0.444 e. The lowest BCUT2D eigenvalue weighted by Crippen LogP contribution is -2.37. The highest BCUT2D eigenvalue weighted by Crippen LogP contribution is 2.31. The fourth-order valence-electron chi connectivity index (χ4n) is 1.71. The fourth-order valence-corrected chi connectivity index (χ4v) is 1.71. The fraction of sp³-hybridized carbons (Fsp3) is 0.500. The maximum absolute atomic E-state index is 13.4. The Morgan fingerprint density at radius 3 is 2.32 bits per heavy atom. The van der Waals surface area contributed by atoms with Crippen molar-refractivity contribution in [3.8, 4) is 0 Å². The molecule has 0 radical (unpaired) electrons. The first-order chi connectivity index (χ1) is 9.92. The van der Waals surface area contributed by atoms with Crippen molar-refractivity contribution in [1.82, 2.24) is 5.32 Å². The molecule has 1 aromatic rings. The van der Waals surface area contributed by atoms with Gasteiger partial charge in [-0.15, -0.1) is 0 Å². The molecule has 0 aliphatic rings. The molecule has 4 nitrogen and oxygen atoms in total. The number of benzene rings is 1. The quantitative estimate of drug-likeness (QED) is 0.839. The van der Waals surface area contributed by atoms with Gasteiger partial charge in [0.05, 0.1) is 11.6 Å². The van der Waals surface area contributed by atoms with Crippen LogP contribution in [-0.2, 0) is 10.9 Å². The topological polar surface area (TPSA) is 64.3 Å². The molecule has 0 heterocycles. The summed E-state index contributed by atoms with van der Waals surface area (Å²) in [6.45, 7) is 4.69. The van der Waals surface area contributed by atoms with Crippen LogP contribution in [0.2, 0.25) is 0 Å². The Hall–Kier alpha value is -1.83. The van der Waals surface area contributed by atoms with Crippen molar-refractivity contribution in [2.45, 2.75) is 38.6 Å². The van der Waals surface area contributed by atoms with E-state index >= 15 is 0 Å². The number of halogens is 4. The lowest BCUT2D eigenvalue weighted by Gasteiger charge is -2.23. The van der Waals surface area contributed by atoms with Crippen LogP contribution in [0, 0.1) is 5.82 Å². The molecule has 1 aromatic carbocycles. The average Bonchev–Trinajstić information content (AvgIpc) is 2.31. The van der Waals surface area contributed by atoms with Gasteiger partial charge in [-0.1, -0.05) is 0 Å². The molecule has 0 bridgehead atoms. The molecule has 0 saturated heterocycles. The molecular weight excluding hydrogens is 304 g/mol. The van der Waals surface area contributed by atoms with E-state index in [1.54, 1.807) is 20.8 Å². The minimum Gasteiger partial charge on any atom is -0.444 e. The van der Waals surface area contributed by atoms with Gasteiger partial charge in [0, 0.05) is 6.54 Å². The molecule has 8 heteroatoms. The number of alkyl carbamates (subject to hydrolysis) is 1. The second-order valence-corrected chi connectivity index (χ2v) is 5.71. The molecule has 0 saturated carbocycles. The Morgan fingerprint density at radius 2 is 1.86 bits per heavy atom. The summed E-state index contributed by atoms with van der Waals surface area (Å²) >= 11 is 0. The van der Waals surface area contributed by atoms with Crippen LogP contribution in [0.4, 0.5) is 22.4 Å². The van der Waals surface area contributed by atoms with Crippen molar-refractivity contribution in [3.05, 3.63) is 35.1 Å². The molecule has 1 amide bonds. The van der Waals surface area contributed by atoms with Crippen LogP contribution in [0.5, 0.6) is 0 Å². The maximum Gasteiger partial charge on any atom is 0.416 e. The number of ether oxygens (including phenoxy) is 1. The highest BCUT2D eigenvalue weighted by Gasteiger charge is 2.32. The van der Waals surface area contributed by atoms with E-state index < -0.39 is 35.3 Å². The number of amides is 1. The van der Waals surface area contributed by atoms with Gasteiger partial charge < -0.3 is 15.8 Å². The van der Waals surface area contributed by atoms with Crippen LogP contribution in [0.1, 0.15) is 37.9 Å². The van der Waals surface area contributed by atoms with Gasteiger partial charge in [0.25, 0.3) is 0 Å². The number of hydrogen-bond donors (Lipinski definition) is 2. The summed E-state index contributed by atoms with van der Waals surface area (Å²) in [5.74, 6) is -1.06. The van der Waals surface area contributed by atoms with Gasteiger partial charge in [0.15, 0.2) is 0 Å². The summed E-state index contributed by atoms with van der Waals surface area (Å²) in [7, 11) is 0. The maximum atomic E-state index is 13.4. The normalized spacial score (nSPS) is 13.6. The second kappa shape index (κ2) is 6.51. The first-order valence-corrected chi connectivity index (χ1v) is 6.49. The van der Waals surface area contributed by atoms with E-state index in [1.807, 2.05) is 0 Å². The Balaban J connectivity index is 3.00. The molecule has 1 atom stereocenters. The number of nitrogens with two attached hydrogens (primary N) is 1. The number of nitrogens with one attached hydrogen (secondary N) is 1. The summed E-state index contributed by atoms with van der Waals surface area (Å²) in [5.41, 5.74) is 3.45. The average molecular weight is 322 g/mol. The third-order valence-electron chi connectivity index (χ3n) is 2.58. The number of carbonyl (C=O) groups excluding carboxylic acids is 1. The zero-order valence-corrected chi connectivity index (χ0v) is 12.4. The van der Waals surface area contributed by atoms with E-state index in [2.05, 4.69) is 5.32 Å². The van der Waals surface area contributed by atoms with E-state index in [0.717, 1.165) is 12.1 Å². The standard InChI is InChI=1S/C14H18F4N2O2/c1-13(2,3)22-12(21)20-11(7-19)8-4-9(14(16,17)18)6-10(15)5-8/h4-6,11H,7,19H2,1-3H3,(H,20,21). The van der Waals surface area contributed by atoms with Crippen molar-refractivity contribution in [2.24, 2.45) is 5.73 Å². The summed E-state index contributed by atoms with van der Waals surface area (Å²) in [5, 5.41) is 2.33. The van der Waals surface area contributed by atoms with E-state index in [9.17, 15) is 22.4 Å². The van der Waals surface area contributed by atoms with Crippen molar-refractivity contribution < 1.29 is 27.1 Å². The number of alkyl halides is 3. The molecule has 0 spiro atoms. The van der Waals surface area contributed by atoms with E-state index in [-0.39, 0.29) is 12.1 Å². The predicted octanol–water partition coefficient (Wildman–Crippen LogP) is 3.37. The number of carbonyl (C=O) groups is 1. The summed E-state index contributed by atoms with van der Waals surface area (Å²) in [6, 6.07) is 1.03. The molecular formula is C14H18F4N2O2. The molecule has 0 aromatic heterocycles. The monoisotopic (exact) mass is 322 g/mol. The highest BCUT2D eigenvalue weighted by atomic mass is 19.4. The number of hydrogen-bond acceptors (Lipinski definition) is 3. The minimum atomic E-state index is -4.69. The zero-order valence-electron chi connectivity index (χ0n) is 12.4. The molecule has 0 aliphatic carbocycles. The lowest BCUT2D eigenvalue weighted by molar-refractivity contribution is -0.137. The van der Waals surface area contributed by atoms with Gasteiger partial charge in [-0.05, 0) is 44.5 Å². The number of rotatable bonds is 3. The third kappa shape index (κ3) is 5.51.